The normalized spacial score (nSPS) is 19.3. The predicted octanol–water partition coefficient (Wildman–Crippen LogP) is 3.33. The van der Waals surface area contributed by atoms with Crippen LogP contribution in [0.3, 0.4) is 0 Å². The van der Waals surface area contributed by atoms with Crippen LogP contribution < -0.4 is 4.90 Å². The van der Waals surface area contributed by atoms with Gasteiger partial charge in [-0.15, -0.1) is 0 Å². The van der Waals surface area contributed by atoms with Crippen molar-refractivity contribution in [1.82, 2.24) is 9.80 Å². The number of hydrogen-bond acceptors (Lipinski definition) is 3. The number of rotatable bonds is 3. The zero-order valence-electron chi connectivity index (χ0n) is 16.3. The molecule has 8 heteroatoms. The lowest BCUT2D eigenvalue weighted by Gasteiger charge is -2.35. The van der Waals surface area contributed by atoms with Crippen LogP contribution in [0, 0.1) is 5.92 Å². The molecule has 2 saturated heterocycles. The molecule has 0 aromatic heterocycles. The minimum Gasteiger partial charge on any atom is -0.338 e. The van der Waals surface area contributed by atoms with E-state index in [4.69, 9.17) is 23.2 Å². The van der Waals surface area contributed by atoms with Crippen molar-refractivity contribution in [2.75, 3.05) is 37.6 Å². The largest absolute Gasteiger partial charge is 0.338 e. The SMILES string of the molecule is O=C(c1ccccc1)N1CCN(C(=O)C2CCN(c3ccc(Cl)c(Cl)c3)C2=O)CC1. The highest BCUT2D eigenvalue weighted by molar-refractivity contribution is 6.42. The van der Waals surface area contributed by atoms with Gasteiger partial charge in [-0.1, -0.05) is 41.4 Å². The van der Waals surface area contributed by atoms with Crippen molar-refractivity contribution in [2.24, 2.45) is 5.92 Å². The van der Waals surface area contributed by atoms with Crippen LogP contribution in [0.15, 0.2) is 48.5 Å². The Bertz CT molecular complexity index is 975. The highest BCUT2D eigenvalue weighted by Gasteiger charge is 2.40. The van der Waals surface area contributed by atoms with Crippen molar-refractivity contribution < 1.29 is 14.4 Å². The topological polar surface area (TPSA) is 60.9 Å². The third-order valence-electron chi connectivity index (χ3n) is 5.62. The quantitative estimate of drug-likeness (QED) is 0.680. The summed E-state index contributed by atoms with van der Waals surface area (Å²) in [7, 11) is 0. The standard InChI is InChI=1S/C22H21Cl2N3O3/c23-18-7-6-16(14-19(18)24)27-9-8-17(22(27)30)21(29)26-12-10-25(11-13-26)20(28)15-4-2-1-3-5-15/h1-7,14,17H,8-13H2. The van der Waals surface area contributed by atoms with Gasteiger partial charge in [0.05, 0.1) is 10.0 Å². The summed E-state index contributed by atoms with van der Waals surface area (Å²) in [5, 5.41) is 0.790. The van der Waals surface area contributed by atoms with Crippen molar-refractivity contribution in [1.29, 1.82) is 0 Å². The number of amides is 3. The maximum atomic E-state index is 13.0. The summed E-state index contributed by atoms with van der Waals surface area (Å²) in [6, 6.07) is 14.1. The molecule has 156 valence electrons. The Hall–Kier alpha value is -2.57. The highest BCUT2D eigenvalue weighted by Crippen LogP contribution is 2.31. The molecular formula is C22H21Cl2N3O3. The lowest BCUT2D eigenvalue weighted by Crippen LogP contribution is -2.52. The van der Waals surface area contributed by atoms with Crippen molar-refractivity contribution in [2.45, 2.75) is 6.42 Å². The molecule has 2 aliphatic heterocycles. The summed E-state index contributed by atoms with van der Waals surface area (Å²) in [6.45, 7) is 2.22. The summed E-state index contributed by atoms with van der Waals surface area (Å²) in [5.74, 6) is -1.13. The van der Waals surface area contributed by atoms with Gasteiger partial charge in [0.2, 0.25) is 11.8 Å². The fourth-order valence-electron chi connectivity index (χ4n) is 3.93. The zero-order chi connectivity index (χ0) is 21.3. The molecule has 0 aliphatic carbocycles. The monoisotopic (exact) mass is 445 g/mol. The fourth-order valence-corrected chi connectivity index (χ4v) is 4.22. The Labute approximate surface area is 184 Å². The number of carbonyl (C=O) groups excluding carboxylic acids is 3. The fraction of sp³-hybridized carbons (Fsp3) is 0.318. The van der Waals surface area contributed by atoms with Crippen molar-refractivity contribution >= 4 is 46.6 Å². The first-order valence-electron chi connectivity index (χ1n) is 9.85. The first kappa shape index (κ1) is 20.7. The smallest absolute Gasteiger partial charge is 0.253 e. The number of halogens is 2. The molecule has 6 nitrogen and oxygen atoms in total. The van der Waals surface area contributed by atoms with Crippen LogP contribution in [0.25, 0.3) is 0 Å². The van der Waals surface area contributed by atoms with E-state index in [9.17, 15) is 14.4 Å². The van der Waals surface area contributed by atoms with E-state index in [2.05, 4.69) is 0 Å². The molecule has 2 fully saturated rings. The lowest BCUT2D eigenvalue weighted by molar-refractivity contribution is -0.141. The second-order valence-corrected chi connectivity index (χ2v) is 8.23. The van der Waals surface area contributed by atoms with Gasteiger partial charge in [-0.25, -0.2) is 0 Å². The van der Waals surface area contributed by atoms with E-state index < -0.39 is 5.92 Å². The van der Waals surface area contributed by atoms with Gasteiger partial charge in [-0.2, -0.15) is 0 Å². The van der Waals surface area contributed by atoms with E-state index in [1.54, 1.807) is 45.0 Å². The van der Waals surface area contributed by atoms with Crippen LogP contribution >= 0.6 is 23.2 Å². The van der Waals surface area contributed by atoms with Gasteiger partial charge < -0.3 is 14.7 Å². The first-order chi connectivity index (χ1) is 14.5. The van der Waals surface area contributed by atoms with Crippen molar-refractivity contribution in [3.63, 3.8) is 0 Å². The van der Waals surface area contributed by atoms with E-state index >= 15 is 0 Å². The first-order valence-corrected chi connectivity index (χ1v) is 10.6. The number of piperazine rings is 1. The molecule has 2 heterocycles. The Morgan fingerprint density at radius 3 is 2.17 bits per heavy atom. The molecule has 30 heavy (non-hydrogen) atoms. The van der Waals surface area contributed by atoms with E-state index in [0.29, 0.717) is 60.4 Å². The minimum atomic E-state index is -0.698. The van der Waals surface area contributed by atoms with Gasteiger partial charge in [0.25, 0.3) is 5.91 Å². The Balaban J connectivity index is 1.37. The molecule has 2 aliphatic rings. The number of benzene rings is 2. The Morgan fingerprint density at radius 1 is 0.833 bits per heavy atom. The van der Waals surface area contributed by atoms with E-state index in [1.165, 1.54) is 0 Å². The van der Waals surface area contributed by atoms with E-state index in [-0.39, 0.29) is 17.7 Å². The number of hydrogen-bond donors (Lipinski definition) is 0. The maximum Gasteiger partial charge on any atom is 0.253 e. The van der Waals surface area contributed by atoms with Gasteiger partial charge in [-0.3, -0.25) is 14.4 Å². The molecule has 2 aromatic rings. The van der Waals surface area contributed by atoms with Crippen molar-refractivity contribution in [3.05, 3.63) is 64.1 Å². The number of anilines is 1. The summed E-state index contributed by atoms with van der Waals surface area (Å²) in [4.78, 5) is 43.5. The summed E-state index contributed by atoms with van der Waals surface area (Å²) in [5.41, 5.74) is 1.28. The molecule has 0 saturated carbocycles. The molecule has 0 spiro atoms. The van der Waals surface area contributed by atoms with Gasteiger partial charge >= 0.3 is 0 Å². The average Bonchev–Trinajstić information content (AvgIpc) is 3.16. The second kappa shape index (κ2) is 8.66. The van der Waals surface area contributed by atoms with Crippen LogP contribution in [0.4, 0.5) is 5.69 Å². The van der Waals surface area contributed by atoms with Gasteiger partial charge in [0, 0.05) is 44.0 Å². The van der Waals surface area contributed by atoms with Crippen LogP contribution in [0.2, 0.25) is 10.0 Å². The summed E-state index contributed by atoms with van der Waals surface area (Å²) < 4.78 is 0. The second-order valence-electron chi connectivity index (χ2n) is 7.41. The van der Waals surface area contributed by atoms with Gasteiger partial charge in [-0.05, 0) is 36.8 Å². The van der Waals surface area contributed by atoms with E-state index in [1.807, 2.05) is 18.2 Å². The molecule has 4 rings (SSSR count). The maximum absolute atomic E-state index is 13.0. The van der Waals surface area contributed by atoms with Gasteiger partial charge in [0.15, 0.2) is 0 Å². The molecule has 1 unspecified atom stereocenters. The highest BCUT2D eigenvalue weighted by atomic mass is 35.5. The van der Waals surface area contributed by atoms with Crippen LogP contribution in [0.1, 0.15) is 16.8 Å². The summed E-state index contributed by atoms with van der Waals surface area (Å²) in [6.07, 6.45) is 0.459. The molecule has 3 amide bonds. The molecule has 0 N–H and O–H groups in total. The van der Waals surface area contributed by atoms with Crippen molar-refractivity contribution in [3.8, 4) is 0 Å². The third kappa shape index (κ3) is 4.02. The zero-order valence-corrected chi connectivity index (χ0v) is 17.8. The predicted molar refractivity (Wildman–Crippen MR) is 116 cm³/mol. The number of carbonyl (C=O) groups is 3. The minimum absolute atomic E-state index is 0.0366. The molecular weight excluding hydrogens is 425 g/mol. The third-order valence-corrected chi connectivity index (χ3v) is 6.36. The molecule has 0 bridgehead atoms. The lowest BCUT2D eigenvalue weighted by atomic mass is 10.1. The van der Waals surface area contributed by atoms with Gasteiger partial charge in [0.1, 0.15) is 5.92 Å². The van der Waals surface area contributed by atoms with Crippen LogP contribution in [-0.2, 0) is 9.59 Å². The average molecular weight is 446 g/mol. The Morgan fingerprint density at radius 2 is 1.50 bits per heavy atom. The van der Waals surface area contributed by atoms with Crippen LogP contribution in [-0.4, -0.2) is 60.2 Å². The number of nitrogens with zero attached hydrogens (tertiary/aromatic N) is 3. The Kier molecular flexibility index (Phi) is 5.97. The molecule has 1 atom stereocenters. The van der Waals surface area contributed by atoms with Crippen LogP contribution in [0.5, 0.6) is 0 Å². The molecule has 2 aromatic carbocycles. The van der Waals surface area contributed by atoms with E-state index in [0.717, 1.165) is 0 Å². The summed E-state index contributed by atoms with van der Waals surface area (Å²) >= 11 is 12.0. The molecule has 0 radical (unpaired) electrons.